The number of benzene rings is 16. The fourth-order valence-corrected chi connectivity index (χ4v) is 15.2. The molecule has 0 aliphatic carbocycles. The lowest BCUT2D eigenvalue weighted by Crippen LogP contribution is -2.00. The van der Waals surface area contributed by atoms with Crippen LogP contribution in [0.3, 0.4) is 0 Å². The molecule has 0 radical (unpaired) electrons. The van der Waals surface area contributed by atoms with Crippen molar-refractivity contribution < 1.29 is 0 Å². The van der Waals surface area contributed by atoms with Crippen LogP contribution in [-0.4, -0.2) is 34.9 Å². The molecule has 20 rings (SSSR count). The van der Waals surface area contributed by atoms with Crippen molar-refractivity contribution in [1.82, 2.24) is 34.9 Å². The largest absolute Gasteiger partial charge is 0.247 e. The molecule has 0 N–H and O–H groups in total. The Morgan fingerprint density at radius 1 is 0.134 bits per heavy atom. The molecule has 0 atom stereocenters. The van der Waals surface area contributed by atoms with Gasteiger partial charge in [-0.2, -0.15) is 0 Å². The van der Waals surface area contributed by atoms with Gasteiger partial charge in [-0.1, -0.05) is 388 Å². The van der Waals surface area contributed by atoms with Crippen LogP contribution in [-0.2, 0) is 0 Å². The van der Waals surface area contributed by atoms with Crippen molar-refractivity contribution >= 4 is 43.4 Å². The van der Waals surface area contributed by atoms with Gasteiger partial charge in [0.25, 0.3) is 0 Å². The highest BCUT2D eigenvalue weighted by Gasteiger charge is 2.20. The fourth-order valence-electron chi connectivity index (χ4n) is 15.2. The van der Waals surface area contributed by atoms with E-state index in [2.05, 4.69) is 315 Å². The van der Waals surface area contributed by atoms with Gasteiger partial charge in [-0.3, -0.25) is 0 Å². The Morgan fingerprint density at radius 3 is 0.759 bits per heavy atom. The lowest BCUT2D eigenvalue weighted by Gasteiger charge is -2.15. The smallest absolute Gasteiger partial charge is 0.164 e. The normalized spacial score (nSPS) is 11.2. The van der Waals surface area contributed by atoms with Gasteiger partial charge in [-0.05, 0) is 97.1 Å². The maximum Gasteiger partial charge on any atom is 0.164 e. The van der Waals surface area contributed by atoms with Crippen LogP contribution in [0.1, 0.15) is 0 Å². The molecule has 16 aromatic carbocycles. The summed E-state index contributed by atoms with van der Waals surface area (Å²) >= 11 is 0. The summed E-state index contributed by atoms with van der Waals surface area (Å²) in [7, 11) is 0. The Bertz CT molecular complexity index is 6260. The zero-order chi connectivity index (χ0) is 74.5. The third-order valence-electron chi connectivity index (χ3n) is 20.8. The molecule has 7 nitrogen and oxygen atoms in total. The Morgan fingerprint density at radius 2 is 0.375 bits per heavy atom. The SMILES string of the molecule is c1ccc(-c2ccc(-c3nc4ccccc4c4c(-c5cccc(-c6ccc(-c7cc(-c8ccccc8)nc(-c8ccccc8)n7)cc6)c5)cccc34)cc2)cc1.c1ccc(-c2ccc(-c3nc4ccccc4c4c(-c5cccc(-c6ccc(-c7nc(-c8ccccc8)nc(-c8ccccc8)n7)cc6)c5)cccc34)cc2)cc1. The van der Waals surface area contributed by atoms with Crippen molar-refractivity contribution in [2.24, 2.45) is 0 Å². The lowest BCUT2D eigenvalue weighted by atomic mass is 9.91. The van der Waals surface area contributed by atoms with E-state index in [0.717, 1.165) is 133 Å². The number of aromatic nitrogens is 7. The molecule has 524 valence electrons. The highest BCUT2D eigenvalue weighted by molar-refractivity contribution is 6.18. The second-order valence-corrected chi connectivity index (χ2v) is 27.8. The lowest BCUT2D eigenvalue weighted by molar-refractivity contribution is 1.07. The predicted molar refractivity (Wildman–Crippen MR) is 464 cm³/mol. The number of hydrogen-bond acceptors (Lipinski definition) is 7. The van der Waals surface area contributed by atoms with Crippen molar-refractivity contribution in [2.75, 3.05) is 0 Å². The second kappa shape index (κ2) is 30.3. The van der Waals surface area contributed by atoms with Gasteiger partial charge < -0.3 is 0 Å². The fraction of sp³-hybridized carbons (Fsp3) is 0. The van der Waals surface area contributed by atoms with E-state index in [0.29, 0.717) is 23.3 Å². The predicted octanol–water partition coefficient (Wildman–Crippen LogP) is 27.1. The van der Waals surface area contributed by atoms with E-state index in [1.807, 2.05) is 103 Å². The molecule has 0 saturated carbocycles. The highest BCUT2D eigenvalue weighted by Crippen LogP contribution is 2.43. The van der Waals surface area contributed by atoms with Crippen molar-refractivity contribution in [1.29, 1.82) is 0 Å². The quantitative estimate of drug-likeness (QED) is 0.100. The molecule has 0 unspecified atom stereocenters. The van der Waals surface area contributed by atoms with Crippen LogP contribution in [0.2, 0.25) is 0 Å². The monoisotopic (exact) mass is 1430 g/mol. The summed E-state index contributed by atoms with van der Waals surface area (Å²) in [6.07, 6.45) is 0. The maximum absolute atomic E-state index is 5.25. The first kappa shape index (κ1) is 67.5. The first-order valence-electron chi connectivity index (χ1n) is 37.7. The first-order valence-corrected chi connectivity index (χ1v) is 37.7. The minimum atomic E-state index is 0.639. The molecule has 0 aliphatic heterocycles. The third kappa shape index (κ3) is 13.7. The second-order valence-electron chi connectivity index (χ2n) is 27.8. The van der Waals surface area contributed by atoms with Crippen molar-refractivity contribution in [3.8, 4) is 157 Å². The maximum atomic E-state index is 5.25. The number of nitrogens with zero attached hydrogens (tertiary/aromatic N) is 7. The van der Waals surface area contributed by atoms with E-state index in [1.165, 1.54) is 44.2 Å². The number of para-hydroxylation sites is 2. The van der Waals surface area contributed by atoms with Crippen LogP contribution < -0.4 is 0 Å². The molecule has 0 amide bonds. The van der Waals surface area contributed by atoms with Gasteiger partial charge >= 0.3 is 0 Å². The van der Waals surface area contributed by atoms with Crippen molar-refractivity contribution in [3.63, 3.8) is 0 Å². The molecule has 0 spiro atoms. The van der Waals surface area contributed by atoms with E-state index in [1.54, 1.807) is 0 Å². The average molecular weight is 1430 g/mol. The molecular formula is C105H69N7. The molecule has 0 saturated heterocycles. The average Bonchev–Trinajstić information content (AvgIpc) is 0.747. The van der Waals surface area contributed by atoms with Gasteiger partial charge in [-0.25, -0.2) is 34.9 Å². The van der Waals surface area contributed by atoms with Crippen LogP contribution in [0.4, 0.5) is 0 Å². The van der Waals surface area contributed by atoms with Crippen LogP contribution >= 0.6 is 0 Å². The van der Waals surface area contributed by atoms with Crippen LogP contribution in [0.5, 0.6) is 0 Å². The van der Waals surface area contributed by atoms with Crippen LogP contribution in [0.15, 0.2) is 419 Å². The van der Waals surface area contributed by atoms with E-state index in [-0.39, 0.29) is 0 Å². The molecule has 0 fully saturated rings. The summed E-state index contributed by atoms with van der Waals surface area (Å²) in [6.45, 7) is 0. The summed E-state index contributed by atoms with van der Waals surface area (Å²) in [5.74, 6) is 2.65. The van der Waals surface area contributed by atoms with Gasteiger partial charge in [0.15, 0.2) is 23.3 Å². The van der Waals surface area contributed by atoms with Gasteiger partial charge in [0.1, 0.15) is 0 Å². The Balaban J connectivity index is 0.000000151. The Labute approximate surface area is 650 Å². The van der Waals surface area contributed by atoms with E-state index >= 15 is 0 Å². The molecule has 20 aromatic rings. The standard InChI is InChI=1S/C53H35N3.C52H34N4/c1-4-14-36(15-5-1)37-28-32-41(33-29-37)52-47-24-13-23-45(51(47)46-22-10-11-25-48(46)54-52)44-21-12-20-43(34-44)38-26-30-40(31-27-38)50-35-49(39-16-6-2-7-17-39)55-53(56-50)42-18-8-3-9-19-42;1-4-14-35(15-5-1)36-26-30-38(31-27-36)49-46-24-13-23-44(48(46)45-22-10-11-25-47(45)53-49)43-21-12-20-42(34-43)37-28-32-41(33-29-37)52-55-50(39-16-6-2-7-17-39)54-51(56-52)40-18-8-3-9-19-40/h1-35H;1-34H. The molecular weight excluding hydrogens is 1360 g/mol. The van der Waals surface area contributed by atoms with Gasteiger partial charge in [0.05, 0.1) is 33.8 Å². The summed E-state index contributed by atoms with van der Waals surface area (Å²) < 4.78 is 0. The molecule has 112 heavy (non-hydrogen) atoms. The third-order valence-corrected chi connectivity index (χ3v) is 20.8. The van der Waals surface area contributed by atoms with Gasteiger partial charge in [0, 0.05) is 76.8 Å². The Kier molecular flexibility index (Phi) is 18.3. The zero-order valence-corrected chi connectivity index (χ0v) is 61.0. The first-order chi connectivity index (χ1) is 55.5. The molecule has 0 aliphatic rings. The topological polar surface area (TPSA) is 90.2 Å². The number of rotatable bonds is 14. The Hall–Kier alpha value is -15.1. The molecule has 4 heterocycles. The summed E-state index contributed by atoms with van der Waals surface area (Å²) in [6, 6.07) is 146. The molecule has 7 heteroatoms. The summed E-state index contributed by atoms with van der Waals surface area (Å²) in [4.78, 5) is 35.2. The van der Waals surface area contributed by atoms with Crippen molar-refractivity contribution in [3.05, 3.63) is 419 Å². The minimum Gasteiger partial charge on any atom is -0.247 e. The van der Waals surface area contributed by atoms with Crippen molar-refractivity contribution in [2.45, 2.75) is 0 Å². The van der Waals surface area contributed by atoms with Gasteiger partial charge in [0.2, 0.25) is 0 Å². The number of fused-ring (bicyclic) bond motifs is 6. The number of hydrogen-bond donors (Lipinski definition) is 0. The van der Waals surface area contributed by atoms with Gasteiger partial charge in [-0.15, -0.1) is 0 Å². The minimum absolute atomic E-state index is 0.639. The zero-order valence-electron chi connectivity index (χ0n) is 61.0. The van der Waals surface area contributed by atoms with Crippen LogP contribution in [0.25, 0.3) is 201 Å². The van der Waals surface area contributed by atoms with E-state index < -0.39 is 0 Å². The van der Waals surface area contributed by atoms with E-state index in [9.17, 15) is 0 Å². The molecule has 4 aromatic heterocycles. The summed E-state index contributed by atoms with van der Waals surface area (Å²) in [5, 5.41) is 6.96. The summed E-state index contributed by atoms with van der Waals surface area (Å²) in [5.41, 5.74) is 27.8. The van der Waals surface area contributed by atoms with Crippen LogP contribution in [0, 0.1) is 0 Å². The highest BCUT2D eigenvalue weighted by atomic mass is 15.0. The number of pyridine rings is 2. The van der Waals surface area contributed by atoms with E-state index in [4.69, 9.17) is 34.9 Å². The molecule has 0 bridgehead atoms.